The minimum atomic E-state index is 0.214. The van der Waals surface area contributed by atoms with Crippen LogP contribution in [0.25, 0.3) is 5.57 Å². The summed E-state index contributed by atoms with van der Waals surface area (Å²) >= 11 is 0. The molecule has 0 spiro atoms. The summed E-state index contributed by atoms with van der Waals surface area (Å²) in [7, 11) is 2.11. The molecule has 0 aliphatic carbocycles. The van der Waals surface area contributed by atoms with E-state index >= 15 is 0 Å². The first kappa shape index (κ1) is 14.7. The second kappa shape index (κ2) is 6.71. The Morgan fingerprint density at radius 3 is 2.05 bits per heavy atom. The zero-order valence-electron chi connectivity index (χ0n) is 13.0. The van der Waals surface area contributed by atoms with Crippen molar-refractivity contribution in [2.45, 2.75) is 18.9 Å². The molecule has 1 unspecified atom stereocenters. The molecular formula is C20H22N2. The average molecular weight is 290 g/mol. The molecule has 1 atom stereocenters. The highest BCUT2D eigenvalue weighted by molar-refractivity contribution is 5.82. The van der Waals surface area contributed by atoms with Crippen LogP contribution in [0.4, 0.5) is 0 Å². The van der Waals surface area contributed by atoms with Gasteiger partial charge in [0, 0.05) is 18.8 Å². The lowest BCUT2D eigenvalue weighted by molar-refractivity contribution is 0.273. The van der Waals surface area contributed by atoms with Crippen molar-refractivity contribution < 1.29 is 0 Å². The third kappa shape index (κ3) is 3.02. The number of likely N-dealkylation sites (tertiary alicyclic amines) is 1. The summed E-state index contributed by atoms with van der Waals surface area (Å²) in [5, 5.41) is 7.68. The normalized spacial score (nSPS) is 19.0. The van der Waals surface area contributed by atoms with E-state index in [1.54, 1.807) is 6.21 Å². The van der Waals surface area contributed by atoms with Crippen molar-refractivity contribution in [3.8, 4) is 0 Å². The summed E-state index contributed by atoms with van der Waals surface area (Å²) in [5.74, 6) is 0. The second-order valence-electron chi connectivity index (χ2n) is 5.88. The smallest absolute Gasteiger partial charge is 0.0478 e. The van der Waals surface area contributed by atoms with Gasteiger partial charge < -0.3 is 5.41 Å². The van der Waals surface area contributed by atoms with Gasteiger partial charge in [-0.3, -0.25) is 4.90 Å². The fourth-order valence-electron chi connectivity index (χ4n) is 3.19. The lowest BCUT2D eigenvalue weighted by Gasteiger charge is -2.33. The molecule has 1 heterocycles. The molecule has 1 aliphatic heterocycles. The summed E-state index contributed by atoms with van der Waals surface area (Å²) in [5.41, 5.74) is 5.36. The van der Waals surface area contributed by atoms with Gasteiger partial charge in [-0.05, 0) is 36.6 Å². The Balaban J connectivity index is 2.09. The molecule has 3 rings (SSSR count). The second-order valence-corrected chi connectivity index (χ2v) is 5.88. The first-order valence-electron chi connectivity index (χ1n) is 7.83. The molecule has 1 aliphatic rings. The predicted octanol–water partition coefficient (Wildman–Crippen LogP) is 4.23. The molecule has 0 saturated carbocycles. The summed E-state index contributed by atoms with van der Waals surface area (Å²) in [6.07, 6.45) is 3.59. The van der Waals surface area contributed by atoms with Crippen LogP contribution in [-0.4, -0.2) is 30.7 Å². The first-order chi connectivity index (χ1) is 10.8. The molecule has 0 amide bonds. The third-order valence-electron chi connectivity index (χ3n) is 4.46. The Morgan fingerprint density at radius 2 is 1.55 bits per heavy atom. The summed E-state index contributed by atoms with van der Waals surface area (Å²) in [6.45, 7) is 1.01. The Hall–Kier alpha value is -2.19. The standard InChI is InChI=1S/C20H22N2/c1-22-13-12-18(14-19(22)15-21)20(16-8-4-2-5-9-16)17-10-6-3-7-11-17/h2-11,15,19,21H,12-14H2,1H3. The van der Waals surface area contributed by atoms with Crippen LogP contribution in [0.2, 0.25) is 0 Å². The molecule has 2 heteroatoms. The molecule has 0 bridgehead atoms. The van der Waals surface area contributed by atoms with Gasteiger partial charge in [-0.25, -0.2) is 0 Å². The fourth-order valence-corrected chi connectivity index (χ4v) is 3.19. The minimum Gasteiger partial charge on any atom is -0.311 e. The van der Waals surface area contributed by atoms with Crippen LogP contribution in [-0.2, 0) is 0 Å². The summed E-state index contributed by atoms with van der Waals surface area (Å²) in [6, 6.07) is 21.5. The van der Waals surface area contributed by atoms with E-state index < -0.39 is 0 Å². The van der Waals surface area contributed by atoms with Gasteiger partial charge in [-0.15, -0.1) is 0 Å². The van der Waals surface area contributed by atoms with E-state index in [0.29, 0.717) is 0 Å². The largest absolute Gasteiger partial charge is 0.311 e. The van der Waals surface area contributed by atoms with Gasteiger partial charge >= 0.3 is 0 Å². The molecule has 112 valence electrons. The quantitative estimate of drug-likeness (QED) is 0.841. The third-order valence-corrected chi connectivity index (χ3v) is 4.46. The van der Waals surface area contributed by atoms with Crippen molar-refractivity contribution in [1.82, 2.24) is 4.90 Å². The zero-order valence-corrected chi connectivity index (χ0v) is 13.0. The van der Waals surface area contributed by atoms with Gasteiger partial charge in [0.2, 0.25) is 0 Å². The summed E-state index contributed by atoms with van der Waals surface area (Å²) < 4.78 is 0. The molecule has 2 nitrogen and oxygen atoms in total. The van der Waals surface area contributed by atoms with Crippen LogP contribution in [0.5, 0.6) is 0 Å². The van der Waals surface area contributed by atoms with Gasteiger partial charge in [-0.2, -0.15) is 0 Å². The molecule has 0 radical (unpaired) electrons. The molecule has 2 aromatic rings. The van der Waals surface area contributed by atoms with Gasteiger partial charge in [-0.1, -0.05) is 66.2 Å². The zero-order chi connectivity index (χ0) is 15.4. The highest BCUT2D eigenvalue weighted by Gasteiger charge is 2.23. The molecular weight excluding hydrogens is 268 g/mol. The van der Waals surface area contributed by atoms with Crippen LogP contribution < -0.4 is 0 Å². The van der Waals surface area contributed by atoms with Crippen molar-refractivity contribution in [2.24, 2.45) is 0 Å². The van der Waals surface area contributed by atoms with E-state index in [1.807, 2.05) is 0 Å². The molecule has 1 N–H and O–H groups in total. The molecule has 1 saturated heterocycles. The lowest BCUT2D eigenvalue weighted by Crippen LogP contribution is -2.38. The number of hydrogen-bond donors (Lipinski definition) is 1. The number of benzene rings is 2. The average Bonchev–Trinajstić information content (AvgIpc) is 2.58. The topological polar surface area (TPSA) is 27.1 Å². The van der Waals surface area contributed by atoms with Crippen LogP contribution in [0, 0.1) is 5.41 Å². The van der Waals surface area contributed by atoms with Gasteiger partial charge in [0.05, 0.1) is 0 Å². The maximum Gasteiger partial charge on any atom is 0.0478 e. The van der Waals surface area contributed by atoms with E-state index in [2.05, 4.69) is 72.6 Å². The summed E-state index contributed by atoms with van der Waals surface area (Å²) in [4.78, 5) is 2.27. The van der Waals surface area contributed by atoms with E-state index in [9.17, 15) is 0 Å². The molecule has 0 aromatic heterocycles. The number of nitrogens with zero attached hydrogens (tertiary/aromatic N) is 1. The van der Waals surface area contributed by atoms with Crippen LogP contribution in [0.3, 0.4) is 0 Å². The maximum atomic E-state index is 7.68. The minimum absolute atomic E-state index is 0.214. The SMILES string of the molecule is CN1CCC(=C(c2ccccc2)c2ccccc2)CC1C=N. The van der Waals surface area contributed by atoms with Crippen molar-refractivity contribution in [2.75, 3.05) is 13.6 Å². The van der Waals surface area contributed by atoms with Crippen molar-refractivity contribution in [3.05, 3.63) is 77.4 Å². The molecule has 22 heavy (non-hydrogen) atoms. The lowest BCUT2D eigenvalue weighted by atomic mass is 9.86. The van der Waals surface area contributed by atoms with Crippen LogP contribution in [0.1, 0.15) is 24.0 Å². The number of nitrogens with one attached hydrogen (secondary N) is 1. The van der Waals surface area contributed by atoms with Crippen molar-refractivity contribution in [1.29, 1.82) is 5.41 Å². The maximum absolute atomic E-state index is 7.68. The Bertz CT molecular complexity index is 617. The van der Waals surface area contributed by atoms with E-state index in [1.165, 1.54) is 22.3 Å². The van der Waals surface area contributed by atoms with Gasteiger partial charge in [0.25, 0.3) is 0 Å². The predicted molar refractivity (Wildman–Crippen MR) is 93.3 cm³/mol. The number of hydrogen-bond acceptors (Lipinski definition) is 2. The van der Waals surface area contributed by atoms with Crippen LogP contribution >= 0.6 is 0 Å². The Morgan fingerprint density at radius 1 is 1.00 bits per heavy atom. The van der Waals surface area contributed by atoms with E-state index in [4.69, 9.17) is 5.41 Å². The first-order valence-corrected chi connectivity index (χ1v) is 7.83. The van der Waals surface area contributed by atoms with E-state index in [-0.39, 0.29) is 6.04 Å². The number of rotatable bonds is 3. The van der Waals surface area contributed by atoms with Gasteiger partial charge in [0.1, 0.15) is 0 Å². The van der Waals surface area contributed by atoms with E-state index in [0.717, 1.165) is 19.4 Å². The molecule has 1 fully saturated rings. The molecule has 2 aromatic carbocycles. The Labute approximate surface area is 132 Å². The number of piperidine rings is 1. The van der Waals surface area contributed by atoms with Gasteiger partial charge in [0.15, 0.2) is 0 Å². The highest BCUT2D eigenvalue weighted by Crippen LogP contribution is 2.33. The van der Waals surface area contributed by atoms with Crippen molar-refractivity contribution in [3.63, 3.8) is 0 Å². The monoisotopic (exact) mass is 290 g/mol. The highest BCUT2D eigenvalue weighted by atomic mass is 15.1. The Kier molecular flexibility index (Phi) is 4.50. The van der Waals surface area contributed by atoms with Crippen molar-refractivity contribution >= 4 is 11.8 Å². The van der Waals surface area contributed by atoms with Crippen LogP contribution in [0.15, 0.2) is 66.2 Å². The fraction of sp³-hybridized carbons (Fsp3) is 0.250.